The number of nitrogens with zero attached hydrogens (tertiary/aromatic N) is 4. The van der Waals surface area contributed by atoms with Crippen LogP contribution in [-0.4, -0.2) is 46.3 Å². The molecule has 1 N–H and O–H groups in total. The average molecular weight is 792 g/mol. The highest BCUT2D eigenvalue weighted by Crippen LogP contribution is 2.36. The third-order valence-electron chi connectivity index (χ3n) is 10.6. The van der Waals surface area contributed by atoms with Gasteiger partial charge in [-0.3, -0.25) is 9.10 Å². The summed E-state index contributed by atoms with van der Waals surface area (Å²) in [5.41, 5.74) is 2.12. The number of rotatable bonds is 29. The number of aromatic nitrogens is 2. The molecule has 55 heavy (non-hydrogen) atoms. The first-order valence-electron chi connectivity index (χ1n) is 21.6. The number of aryl methyl sites for hydroxylation is 1. The molecule has 304 valence electrons. The number of fused-ring (bicyclic) bond motifs is 1. The molecule has 0 saturated carbocycles. The molecule has 0 spiro atoms. The number of carbonyl (C=O) groups excluding carboxylic acids is 1. The average Bonchev–Trinajstić information content (AvgIpc) is 3.70. The number of thioether (sulfide) groups is 1. The summed E-state index contributed by atoms with van der Waals surface area (Å²) >= 11 is 1.75. The van der Waals surface area contributed by atoms with Gasteiger partial charge in [0.15, 0.2) is 11.9 Å². The van der Waals surface area contributed by atoms with E-state index in [9.17, 15) is 13.2 Å². The molecule has 8 nitrogen and oxygen atoms in total. The Morgan fingerprint density at radius 3 is 1.89 bits per heavy atom. The van der Waals surface area contributed by atoms with Gasteiger partial charge in [0, 0.05) is 23.8 Å². The van der Waals surface area contributed by atoms with Gasteiger partial charge in [0.05, 0.1) is 17.7 Å². The molecule has 4 rings (SSSR count). The summed E-state index contributed by atoms with van der Waals surface area (Å²) in [6, 6.07) is 11.9. The fourth-order valence-electron chi connectivity index (χ4n) is 7.37. The van der Waals surface area contributed by atoms with Crippen molar-refractivity contribution in [2.24, 2.45) is 4.99 Å². The molecule has 3 aromatic rings. The summed E-state index contributed by atoms with van der Waals surface area (Å²) in [5.74, 6) is 0.817. The van der Waals surface area contributed by atoms with Crippen molar-refractivity contribution in [3.8, 4) is 0 Å². The minimum atomic E-state index is -3.95. The number of amidine groups is 1. The summed E-state index contributed by atoms with van der Waals surface area (Å²) in [7, 11) is -3.95. The number of anilines is 1. The van der Waals surface area contributed by atoms with E-state index in [0.29, 0.717) is 12.1 Å². The normalized spacial score (nSPS) is 14.1. The molecule has 0 aliphatic carbocycles. The van der Waals surface area contributed by atoms with Gasteiger partial charge in [-0.1, -0.05) is 160 Å². The molecule has 0 radical (unpaired) electrons. The van der Waals surface area contributed by atoms with Crippen molar-refractivity contribution in [2.75, 3.05) is 17.6 Å². The molecule has 1 aliphatic heterocycles. The SMILES string of the molecule is CCCCCCCCCCCCCCCCCCN1C(C(C(=O)Nc2cc(C)ccc2SCCCCCCCC)n2ccnc2)=Nc2ccccc2S1(=O)=O. The topological polar surface area (TPSA) is 96.7 Å². The monoisotopic (exact) mass is 791 g/mol. The summed E-state index contributed by atoms with van der Waals surface area (Å²) in [5, 5.41) is 3.19. The Morgan fingerprint density at radius 2 is 1.31 bits per heavy atom. The fourth-order valence-corrected chi connectivity index (χ4v) is 9.99. The Bertz CT molecular complexity index is 1680. The van der Waals surface area contributed by atoms with E-state index in [4.69, 9.17) is 4.99 Å². The second-order valence-corrected chi connectivity index (χ2v) is 18.3. The summed E-state index contributed by atoms with van der Waals surface area (Å²) in [4.78, 5) is 24.8. The van der Waals surface area contributed by atoms with E-state index in [2.05, 4.69) is 36.3 Å². The van der Waals surface area contributed by atoms with Crippen LogP contribution in [0.1, 0.15) is 167 Å². The molecule has 0 fully saturated rings. The zero-order chi connectivity index (χ0) is 39.1. The predicted molar refractivity (Wildman–Crippen MR) is 232 cm³/mol. The number of amides is 1. The lowest BCUT2D eigenvalue weighted by Gasteiger charge is -2.33. The summed E-state index contributed by atoms with van der Waals surface area (Å²) in [6.45, 7) is 6.78. The Hall–Kier alpha value is -3.11. The van der Waals surface area contributed by atoms with Crippen LogP contribution in [0.15, 0.2) is 76.0 Å². The van der Waals surface area contributed by atoms with E-state index >= 15 is 0 Å². The molecule has 1 amide bonds. The van der Waals surface area contributed by atoms with Crippen molar-refractivity contribution in [3.05, 3.63) is 66.7 Å². The van der Waals surface area contributed by atoms with E-state index in [1.54, 1.807) is 59.3 Å². The van der Waals surface area contributed by atoms with Crippen LogP contribution in [0.3, 0.4) is 0 Å². The molecule has 1 atom stereocenters. The van der Waals surface area contributed by atoms with Gasteiger partial charge >= 0.3 is 0 Å². The van der Waals surface area contributed by atoms with Crippen LogP contribution in [0, 0.1) is 6.92 Å². The quantitative estimate of drug-likeness (QED) is 0.0558. The Kier molecular flexibility index (Phi) is 20.4. The molecule has 2 heterocycles. The molecular formula is C45H69N5O3S2. The summed E-state index contributed by atoms with van der Waals surface area (Å²) in [6.07, 6.45) is 32.2. The lowest BCUT2D eigenvalue weighted by Crippen LogP contribution is -2.47. The number of sulfonamides is 1. The number of imidazole rings is 1. The van der Waals surface area contributed by atoms with Crippen molar-refractivity contribution in [2.45, 2.75) is 178 Å². The first-order valence-corrected chi connectivity index (χ1v) is 24.0. The molecule has 1 unspecified atom stereocenters. The van der Waals surface area contributed by atoms with Crippen LogP contribution >= 0.6 is 11.8 Å². The zero-order valence-corrected chi connectivity index (χ0v) is 35.8. The number of hydrogen-bond donors (Lipinski definition) is 1. The fraction of sp³-hybridized carbons (Fsp3) is 0.622. The maximum Gasteiger partial charge on any atom is 0.267 e. The Morgan fingerprint density at radius 1 is 0.745 bits per heavy atom. The maximum atomic E-state index is 14.5. The van der Waals surface area contributed by atoms with Crippen LogP contribution < -0.4 is 5.32 Å². The highest BCUT2D eigenvalue weighted by atomic mass is 32.2. The first kappa shape index (κ1) is 44.6. The van der Waals surface area contributed by atoms with Crippen molar-refractivity contribution in [1.82, 2.24) is 13.9 Å². The smallest absolute Gasteiger partial charge is 0.267 e. The Balaban J connectivity index is 1.37. The Labute approximate surface area is 337 Å². The molecule has 1 aromatic heterocycles. The minimum Gasteiger partial charge on any atom is -0.323 e. The van der Waals surface area contributed by atoms with E-state index in [0.717, 1.165) is 47.6 Å². The van der Waals surface area contributed by atoms with Crippen LogP contribution in [0.5, 0.6) is 0 Å². The number of benzene rings is 2. The van der Waals surface area contributed by atoms with Crippen LogP contribution in [0.4, 0.5) is 11.4 Å². The van der Waals surface area contributed by atoms with Gasteiger partial charge in [0.1, 0.15) is 4.90 Å². The van der Waals surface area contributed by atoms with Crippen LogP contribution in [-0.2, 0) is 14.8 Å². The lowest BCUT2D eigenvalue weighted by atomic mass is 10.0. The number of nitrogens with one attached hydrogen (secondary N) is 1. The number of carbonyl (C=O) groups is 1. The zero-order valence-electron chi connectivity index (χ0n) is 34.2. The van der Waals surface area contributed by atoms with E-state index in [1.165, 1.54) is 113 Å². The van der Waals surface area contributed by atoms with Gasteiger partial charge in [-0.2, -0.15) is 0 Å². The second-order valence-electron chi connectivity index (χ2n) is 15.3. The molecule has 1 aliphatic rings. The van der Waals surface area contributed by atoms with Gasteiger partial charge in [0.2, 0.25) is 0 Å². The molecule has 0 saturated heterocycles. The van der Waals surface area contributed by atoms with Gasteiger partial charge in [0.25, 0.3) is 15.9 Å². The predicted octanol–water partition coefficient (Wildman–Crippen LogP) is 12.8. The van der Waals surface area contributed by atoms with Crippen LogP contribution in [0.2, 0.25) is 0 Å². The van der Waals surface area contributed by atoms with E-state index in [1.807, 2.05) is 13.0 Å². The third-order valence-corrected chi connectivity index (χ3v) is 13.6. The highest BCUT2D eigenvalue weighted by Gasteiger charge is 2.40. The molecule has 10 heteroatoms. The third kappa shape index (κ3) is 14.7. The van der Waals surface area contributed by atoms with Gasteiger partial charge in [-0.25, -0.2) is 18.4 Å². The molecule has 2 aromatic carbocycles. The summed E-state index contributed by atoms with van der Waals surface area (Å²) < 4.78 is 31.6. The number of unbranched alkanes of at least 4 members (excludes halogenated alkanes) is 20. The van der Waals surface area contributed by atoms with Crippen molar-refractivity contribution >= 4 is 44.9 Å². The van der Waals surface area contributed by atoms with Gasteiger partial charge < -0.3 is 9.88 Å². The van der Waals surface area contributed by atoms with E-state index in [-0.39, 0.29) is 23.2 Å². The first-order chi connectivity index (χ1) is 26.9. The van der Waals surface area contributed by atoms with Crippen LogP contribution in [0.25, 0.3) is 0 Å². The number of para-hydroxylation sites is 1. The van der Waals surface area contributed by atoms with E-state index < -0.39 is 16.1 Å². The lowest BCUT2D eigenvalue weighted by molar-refractivity contribution is -0.117. The maximum absolute atomic E-state index is 14.5. The molecule has 0 bridgehead atoms. The number of aliphatic imine (C=N–C) groups is 1. The van der Waals surface area contributed by atoms with Crippen molar-refractivity contribution in [1.29, 1.82) is 0 Å². The minimum absolute atomic E-state index is 0.173. The van der Waals surface area contributed by atoms with Gasteiger partial charge in [-0.05, 0) is 55.3 Å². The standard InChI is InChI=1S/C45H69N5O3S2/c1-4-6-8-10-12-13-14-15-16-17-18-19-20-21-22-26-33-50-44(47-39-28-24-25-29-42(39)55(50,52)53)43(49-34-32-46-37-49)45(51)48-40-36-38(3)30-31-41(40)54-35-27-23-11-9-7-5-2/h24-25,28-32,34,36-37,43H,4-23,26-27,33,35H2,1-3H3,(H,48,51). The van der Waals surface area contributed by atoms with Crippen molar-refractivity contribution in [3.63, 3.8) is 0 Å². The van der Waals surface area contributed by atoms with Crippen molar-refractivity contribution < 1.29 is 13.2 Å². The highest BCUT2D eigenvalue weighted by molar-refractivity contribution is 7.99. The largest absolute Gasteiger partial charge is 0.323 e. The van der Waals surface area contributed by atoms with Gasteiger partial charge in [-0.15, -0.1) is 11.8 Å². The molecular weight excluding hydrogens is 723 g/mol. The second kappa shape index (κ2) is 25.2. The number of hydrogen-bond acceptors (Lipinski definition) is 6.